The molecule has 0 aliphatic heterocycles. The molecule has 0 saturated carbocycles. The molecule has 0 aliphatic rings. The lowest BCUT2D eigenvalue weighted by molar-refractivity contribution is -0.137. The maximum atomic E-state index is 12.6. The van der Waals surface area contributed by atoms with Crippen LogP contribution in [0.15, 0.2) is 59.2 Å². The molecule has 0 radical (unpaired) electrons. The van der Waals surface area contributed by atoms with Crippen LogP contribution in [0.5, 0.6) is 0 Å². The zero-order valence-electron chi connectivity index (χ0n) is 15.6. The second-order valence-corrected chi connectivity index (χ2v) is 7.39. The van der Waals surface area contributed by atoms with Crippen LogP contribution < -0.4 is 5.32 Å². The largest absolute Gasteiger partial charge is 0.444 e. The monoisotopic (exact) mass is 388 g/mol. The SMILES string of the molecule is CC(C)(C)c1ccc(NC(=O)c2coc(-c3ccc(C(F)(F)F)cc3)n2)cc1. The number of aromatic nitrogens is 1. The third kappa shape index (κ3) is 4.42. The van der Waals surface area contributed by atoms with Crippen LogP contribution in [0.1, 0.15) is 42.4 Å². The Balaban J connectivity index is 1.72. The Morgan fingerprint density at radius 1 is 0.929 bits per heavy atom. The highest BCUT2D eigenvalue weighted by molar-refractivity contribution is 6.02. The smallest absolute Gasteiger partial charge is 0.416 e. The van der Waals surface area contributed by atoms with Crippen molar-refractivity contribution in [2.45, 2.75) is 32.4 Å². The molecule has 146 valence electrons. The molecule has 0 atom stereocenters. The van der Waals surface area contributed by atoms with Crippen molar-refractivity contribution in [3.8, 4) is 11.5 Å². The minimum atomic E-state index is -4.41. The first kappa shape index (κ1) is 19.7. The fourth-order valence-electron chi connectivity index (χ4n) is 2.56. The molecule has 4 nitrogen and oxygen atoms in total. The Bertz CT molecular complexity index is 967. The first-order valence-electron chi connectivity index (χ1n) is 8.59. The topological polar surface area (TPSA) is 55.1 Å². The summed E-state index contributed by atoms with van der Waals surface area (Å²) in [6, 6.07) is 11.9. The van der Waals surface area contributed by atoms with Crippen LogP contribution in [-0.2, 0) is 11.6 Å². The molecule has 1 heterocycles. The van der Waals surface area contributed by atoms with Crippen LogP contribution in [0.25, 0.3) is 11.5 Å². The highest BCUT2D eigenvalue weighted by Crippen LogP contribution is 2.31. The molecular weight excluding hydrogens is 369 g/mol. The zero-order valence-corrected chi connectivity index (χ0v) is 15.6. The molecule has 1 N–H and O–H groups in total. The summed E-state index contributed by atoms with van der Waals surface area (Å²) in [7, 11) is 0. The van der Waals surface area contributed by atoms with Gasteiger partial charge in [0.15, 0.2) is 5.69 Å². The molecule has 1 aromatic heterocycles. The third-order valence-electron chi connectivity index (χ3n) is 4.20. The highest BCUT2D eigenvalue weighted by Gasteiger charge is 2.30. The second-order valence-electron chi connectivity index (χ2n) is 7.39. The first-order chi connectivity index (χ1) is 13.0. The van der Waals surface area contributed by atoms with Crippen molar-refractivity contribution in [1.82, 2.24) is 4.98 Å². The number of carbonyl (C=O) groups is 1. The maximum Gasteiger partial charge on any atom is 0.416 e. The summed E-state index contributed by atoms with van der Waals surface area (Å²) in [5.41, 5.74) is 1.37. The van der Waals surface area contributed by atoms with Crippen LogP contribution in [-0.4, -0.2) is 10.9 Å². The minimum absolute atomic E-state index is 0.00518. The molecule has 0 fully saturated rings. The second kappa shape index (κ2) is 7.14. The number of rotatable bonds is 3. The van der Waals surface area contributed by atoms with Gasteiger partial charge in [0.05, 0.1) is 5.56 Å². The van der Waals surface area contributed by atoms with Gasteiger partial charge in [0, 0.05) is 11.3 Å². The Morgan fingerprint density at radius 3 is 2.04 bits per heavy atom. The van der Waals surface area contributed by atoms with Crippen molar-refractivity contribution in [1.29, 1.82) is 0 Å². The molecule has 28 heavy (non-hydrogen) atoms. The number of anilines is 1. The van der Waals surface area contributed by atoms with Crippen molar-refractivity contribution in [3.63, 3.8) is 0 Å². The summed E-state index contributed by atoms with van der Waals surface area (Å²) in [4.78, 5) is 16.4. The predicted octanol–water partition coefficient (Wildman–Crippen LogP) is 5.91. The quantitative estimate of drug-likeness (QED) is 0.607. The maximum absolute atomic E-state index is 12.6. The lowest BCUT2D eigenvalue weighted by Gasteiger charge is -2.19. The first-order valence-corrected chi connectivity index (χ1v) is 8.59. The average molecular weight is 388 g/mol. The summed E-state index contributed by atoms with van der Waals surface area (Å²) in [6.07, 6.45) is -3.24. The molecular formula is C21H19F3N2O2. The van der Waals surface area contributed by atoms with Gasteiger partial charge in [-0.25, -0.2) is 4.98 Å². The number of hydrogen-bond acceptors (Lipinski definition) is 3. The van der Waals surface area contributed by atoms with Gasteiger partial charge in [0.1, 0.15) is 6.26 Å². The van der Waals surface area contributed by atoms with Gasteiger partial charge in [-0.15, -0.1) is 0 Å². The number of nitrogens with zero attached hydrogens (tertiary/aromatic N) is 1. The van der Waals surface area contributed by atoms with Crippen molar-refractivity contribution in [2.75, 3.05) is 5.32 Å². The molecule has 0 saturated heterocycles. The number of amides is 1. The Kier molecular flexibility index (Phi) is 5.02. The summed E-state index contributed by atoms with van der Waals surface area (Å²) in [5.74, 6) is -0.396. The van der Waals surface area contributed by atoms with E-state index in [-0.39, 0.29) is 17.0 Å². The van der Waals surface area contributed by atoms with Crippen LogP contribution in [0.2, 0.25) is 0 Å². The number of alkyl halides is 3. The fourth-order valence-corrected chi connectivity index (χ4v) is 2.56. The molecule has 0 unspecified atom stereocenters. The number of halogens is 3. The molecule has 7 heteroatoms. The van der Waals surface area contributed by atoms with E-state index < -0.39 is 17.6 Å². The van der Waals surface area contributed by atoms with Crippen LogP contribution in [0.3, 0.4) is 0 Å². The van der Waals surface area contributed by atoms with Crippen molar-refractivity contribution in [3.05, 3.63) is 71.6 Å². The Morgan fingerprint density at radius 2 is 1.50 bits per heavy atom. The average Bonchev–Trinajstić information content (AvgIpc) is 3.11. The Labute approximate surface area is 160 Å². The van der Waals surface area contributed by atoms with Crippen LogP contribution in [0.4, 0.5) is 18.9 Å². The van der Waals surface area contributed by atoms with E-state index in [1.807, 2.05) is 12.1 Å². The van der Waals surface area contributed by atoms with Gasteiger partial charge in [-0.2, -0.15) is 13.2 Å². The van der Waals surface area contributed by atoms with Gasteiger partial charge < -0.3 is 9.73 Å². The minimum Gasteiger partial charge on any atom is -0.444 e. The van der Waals surface area contributed by atoms with E-state index in [0.717, 1.165) is 17.7 Å². The molecule has 0 spiro atoms. The van der Waals surface area contributed by atoms with E-state index in [2.05, 4.69) is 31.1 Å². The van der Waals surface area contributed by atoms with Gasteiger partial charge in [-0.1, -0.05) is 32.9 Å². The number of carbonyl (C=O) groups excluding carboxylic acids is 1. The number of benzene rings is 2. The molecule has 1 amide bonds. The van der Waals surface area contributed by atoms with Gasteiger partial charge in [0.2, 0.25) is 5.89 Å². The van der Waals surface area contributed by atoms with Crippen LogP contribution >= 0.6 is 0 Å². The summed E-state index contributed by atoms with van der Waals surface area (Å²) in [5, 5.41) is 2.72. The molecule has 0 aliphatic carbocycles. The van der Waals surface area contributed by atoms with Crippen molar-refractivity contribution >= 4 is 11.6 Å². The van der Waals surface area contributed by atoms with Crippen molar-refractivity contribution < 1.29 is 22.4 Å². The van der Waals surface area contributed by atoms with E-state index in [4.69, 9.17) is 4.42 Å². The molecule has 3 aromatic rings. The summed E-state index contributed by atoms with van der Waals surface area (Å²) < 4.78 is 43.2. The lowest BCUT2D eigenvalue weighted by atomic mass is 9.87. The lowest BCUT2D eigenvalue weighted by Crippen LogP contribution is -2.14. The standard InChI is InChI=1S/C21H19F3N2O2/c1-20(2,3)14-8-10-16(11-9-14)25-18(27)17-12-28-19(26-17)13-4-6-15(7-5-13)21(22,23)24/h4-12H,1-3H3,(H,25,27). The molecule has 3 rings (SSSR count). The molecule has 0 bridgehead atoms. The van der Waals surface area contributed by atoms with E-state index in [1.54, 1.807) is 12.1 Å². The van der Waals surface area contributed by atoms with Gasteiger partial charge in [-0.05, 0) is 47.4 Å². The van der Waals surface area contributed by atoms with E-state index >= 15 is 0 Å². The number of nitrogens with one attached hydrogen (secondary N) is 1. The molecule has 2 aromatic carbocycles. The van der Waals surface area contributed by atoms with Gasteiger partial charge in [0.25, 0.3) is 5.91 Å². The highest BCUT2D eigenvalue weighted by atomic mass is 19.4. The normalized spacial score (nSPS) is 12.1. The third-order valence-corrected chi connectivity index (χ3v) is 4.20. The summed E-state index contributed by atoms with van der Waals surface area (Å²) in [6.45, 7) is 6.29. The number of oxazole rings is 1. The summed E-state index contributed by atoms with van der Waals surface area (Å²) >= 11 is 0. The van der Waals surface area contributed by atoms with Gasteiger partial charge >= 0.3 is 6.18 Å². The van der Waals surface area contributed by atoms with Crippen LogP contribution in [0, 0.1) is 0 Å². The fraction of sp³-hybridized carbons (Fsp3) is 0.238. The van der Waals surface area contributed by atoms with E-state index in [1.165, 1.54) is 18.4 Å². The van der Waals surface area contributed by atoms with Gasteiger partial charge in [-0.3, -0.25) is 4.79 Å². The Hall–Kier alpha value is -3.09. The van der Waals surface area contributed by atoms with Crippen molar-refractivity contribution in [2.24, 2.45) is 0 Å². The van der Waals surface area contributed by atoms with E-state index in [9.17, 15) is 18.0 Å². The predicted molar refractivity (Wildman–Crippen MR) is 100 cm³/mol. The number of hydrogen-bond donors (Lipinski definition) is 1. The zero-order chi connectivity index (χ0) is 20.5. The van der Waals surface area contributed by atoms with E-state index in [0.29, 0.717) is 11.3 Å².